The molecule has 0 radical (unpaired) electrons. The van der Waals surface area contributed by atoms with E-state index in [1.807, 2.05) is 13.1 Å². The molecule has 19 heavy (non-hydrogen) atoms. The van der Waals surface area contributed by atoms with Crippen LogP contribution in [0.2, 0.25) is 0 Å². The summed E-state index contributed by atoms with van der Waals surface area (Å²) in [4.78, 5) is 18.1. The van der Waals surface area contributed by atoms with Gasteiger partial charge in [-0.1, -0.05) is 20.3 Å². The van der Waals surface area contributed by atoms with Crippen LogP contribution in [0.1, 0.15) is 50.5 Å². The lowest BCUT2D eigenvalue weighted by molar-refractivity contribution is 0.0787. The Kier molecular flexibility index (Phi) is 6.33. The number of carbonyl (C=O) groups excluding carboxylic acids is 1. The van der Waals surface area contributed by atoms with Crippen LogP contribution in [0, 0.1) is 0 Å². The lowest BCUT2D eigenvalue weighted by Crippen LogP contribution is -2.28. The Bertz CT molecular complexity index is 389. The molecule has 1 amide bonds. The van der Waals surface area contributed by atoms with E-state index in [1.165, 1.54) is 0 Å². The van der Waals surface area contributed by atoms with Gasteiger partial charge in [0.05, 0.1) is 11.9 Å². The molecule has 1 N–H and O–H groups in total. The summed E-state index contributed by atoms with van der Waals surface area (Å²) in [5.41, 5.74) is 1.47. The summed E-state index contributed by atoms with van der Waals surface area (Å²) in [6.07, 6.45) is 4.90. The monoisotopic (exact) mass is 263 g/mol. The van der Waals surface area contributed by atoms with Crippen LogP contribution < -0.4 is 5.32 Å². The fourth-order valence-electron chi connectivity index (χ4n) is 1.68. The van der Waals surface area contributed by atoms with E-state index in [1.54, 1.807) is 17.2 Å². The molecule has 0 fully saturated rings. The third-order valence-electron chi connectivity index (χ3n) is 3.20. The van der Waals surface area contributed by atoms with Crippen molar-refractivity contribution in [1.82, 2.24) is 9.88 Å². The fraction of sp³-hybridized carbons (Fsp3) is 0.600. The Hall–Kier alpha value is -1.58. The molecule has 1 aromatic rings. The summed E-state index contributed by atoms with van der Waals surface area (Å²) in [6, 6.07) is 4.12. The average molecular weight is 263 g/mol. The van der Waals surface area contributed by atoms with Crippen molar-refractivity contribution in [1.29, 1.82) is 0 Å². The van der Waals surface area contributed by atoms with E-state index >= 15 is 0 Å². The number of rotatable bonds is 7. The van der Waals surface area contributed by atoms with Crippen LogP contribution in [0.5, 0.6) is 0 Å². The smallest absolute Gasteiger partial charge is 0.272 e. The minimum Gasteiger partial charge on any atom is -0.381 e. The first-order valence-electron chi connectivity index (χ1n) is 7.06. The van der Waals surface area contributed by atoms with Crippen molar-refractivity contribution in [2.24, 2.45) is 0 Å². The predicted octanol–water partition coefficient (Wildman–Crippen LogP) is 3.16. The van der Waals surface area contributed by atoms with Gasteiger partial charge in [0, 0.05) is 19.6 Å². The van der Waals surface area contributed by atoms with Crippen molar-refractivity contribution in [2.45, 2.75) is 46.1 Å². The normalized spacial score (nSPS) is 12.0. The highest BCUT2D eigenvalue weighted by atomic mass is 16.2. The van der Waals surface area contributed by atoms with E-state index in [-0.39, 0.29) is 5.91 Å². The summed E-state index contributed by atoms with van der Waals surface area (Å²) in [5.74, 6) is -0.0106. The molecule has 1 unspecified atom stereocenters. The zero-order valence-corrected chi connectivity index (χ0v) is 12.4. The Morgan fingerprint density at radius 3 is 2.68 bits per heavy atom. The minimum atomic E-state index is -0.0106. The average Bonchev–Trinajstić information content (AvgIpc) is 2.44. The molecule has 0 saturated heterocycles. The predicted molar refractivity (Wildman–Crippen MR) is 79.5 cm³/mol. The number of carbonyl (C=O) groups is 1. The Morgan fingerprint density at radius 2 is 2.16 bits per heavy atom. The van der Waals surface area contributed by atoms with Crippen molar-refractivity contribution in [3.63, 3.8) is 0 Å². The second-order valence-electron chi connectivity index (χ2n) is 4.97. The highest BCUT2D eigenvalue weighted by Crippen LogP contribution is 2.10. The van der Waals surface area contributed by atoms with Crippen LogP contribution in [0.4, 0.5) is 5.69 Å². The molecule has 1 heterocycles. The molecule has 0 aliphatic carbocycles. The maximum absolute atomic E-state index is 12.1. The summed E-state index contributed by atoms with van der Waals surface area (Å²) >= 11 is 0. The van der Waals surface area contributed by atoms with E-state index in [2.05, 4.69) is 31.1 Å². The van der Waals surface area contributed by atoms with Gasteiger partial charge in [-0.3, -0.25) is 4.79 Å². The molecule has 0 aliphatic heterocycles. The Labute approximate surface area is 116 Å². The number of anilines is 1. The van der Waals surface area contributed by atoms with Gasteiger partial charge in [-0.15, -0.1) is 0 Å². The fourth-order valence-corrected chi connectivity index (χ4v) is 1.68. The number of unbranched alkanes of at least 4 members (excludes halogenated alkanes) is 1. The molecule has 0 spiro atoms. The summed E-state index contributed by atoms with van der Waals surface area (Å²) < 4.78 is 0. The van der Waals surface area contributed by atoms with Gasteiger partial charge < -0.3 is 10.2 Å². The lowest BCUT2D eigenvalue weighted by atomic mass is 10.2. The second-order valence-corrected chi connectivity index (χ2v) is 4.97. The third-order valence-corrected chi connectivity index (χ3v) is 3.20. The lowest BCUT2D eigenvalue weighted by Gasteiger charge is -2.17. The molecule has 0 aliphatic rings. The van der Waals surface area contributed by atoms with Gasteiger partial charge in [-0.2, -0.15) is 0 Å². The summed E-state index contributed by atoms with van der Waals surface area (Å²) in [5, 5.41) is 3.33. The van der Waals surface area contributed by atoms with E-state index < -0.39 is 0 Å². The van der Waals surface area contributed by atoms with Crippen molar-refractivity contribution in [3.05, 3.63) is 24.0 Å². The van der Waals surface area contributed by atoms with E-state index in [0.29, 0.717) is 11.7 Å². The van der Waals surface area contributed by atoms with Crippen LogP contribution >= 0.6 is 0 Å². The number of pyridine rings is 1. The first-order chi connectivity index (χ1) is 9.08. The largest absolute Gasteiger partial charge is 0.381 e. The van der Waals surface area contributed by atoms with Gasteiger partial charge in [0.25, 0.3) is 5.91 Å². The molecule has 1 aromatic heterocycles. The quantitative estimate of drug-likeness (QED) is 0.822. The van der Waals surface area contributed by atoms with Crippen LogP contribution in [0.15, 0.2) is 18.3 Å². The number of hydrogen-bond acceptors (Lipinski definition) is 3. The van der Waals surface area contributed by atoms with Gasteiger partial charge >= 0.3 is 0 Å². The molecular formula is C15H25N3O. The van der Waals surface area contributed by atoms with E-state index in [4.69, 9.17) is 0 Å². The zero-order valence-electron chi connectivity index (χ0n) is 12.4. The second kappa shape index (κ2) is 7.77. The standard InChI is InChI=1S/C15H25N3O/c1-5-7-10-18(4)15(19)14-9-8-13(11-16-14)17-12(3)6-2/h8-9,11-12,17H,5-7,10H2,1-4H3. The van der Waals surface area contributed by atoms with Crippen molar-refractivity contribution >= 4 is 11.6 Å². The molecule has 4 heteroatoms. The molecule has 0 saturated carbocycles. The topological polar surface area (TPSA) is 45.2 Å². The molecule has 1 atom stereocenters. The molecule has 0 bridgehead atoms. The molecular weight excluding hydrogens is 238 g/mol. The van der Waals surface area contributed by atoms with Crippen molar-refractivity contribution < 1.29 is 4.79 Å². The van der Waals surface area contributed by atoms with Gasteiger partial charge in [-0.25, -0.2) is 4.98 Å². The molecule has 0 aromatic carbocycles. The van der Waals surface area contributed by atoms with Crippen molar-refractivity contribution in [2.75, 3.05) is 18.9 Å². The Balaban J connectivity index is 2.62. The first-order valence-corrected chi connectivity index (χ1v) is 7.06. The Morgan fingerprint density at radius 1 is 1.42 bits per heavy atom. The van der Waals surface area contributed by atoms with Crippen molar-refractivity contribution in [3.8, 4) is 0 Å². The third kappa shape index (κ3) is 4.89. The van der Waals surface area contributed by atoms with Gasteiger partial charge in [0.15, 0.2) is 0 Å². The van der Waals surface area contributed by atoms with E-state index in [9.17, 15) is 4.79 Å². The SMILES string of the molecule is CCCCN(C)C(=O)c1ccc(NC(C)CC)cn1. The van der Waals surface area contributed by atoms with Crippen LogP contribution in [-0.4, -0.2) is 35.4 Å². The number of nitrogens with one attached hydrogen (secondary N) is 1. The highest BCUT2D eigenvalue weighted by molar-refractivity contribution is 5.92. The number of amides is 1. The van der Waals surface area contributed by atoms with Gasteiger partial charge in [0.1, 0.15) is 5.69 Å². The molecule has 1 rings (SSSR count). The summed E-state index contributed by atoms with van der Waals surface area (Å²) in [6.45, 7) is 7.15. The number of hydrogen-bond donors (Lipinski definition) is 1. The first kappa shape index (κ1) is 15.5. The van der Waals surface area contributed by atoms with Gasteiger partial charge in [0.2, 0.25) is 0 Å². The van der Waals surface area contributed by atoms with Gasteiger partial charge in [-0.05, 0) is 31.9 Å². The molecule has 106 valence electrons. The minimum absolute atomic E-state index is 0.0106. The van der Waals surface area contributed by atoms with Crippen LogP contribution in [-0.2, 0) is 0 Å². The maximum Gasteiger partial charge on any atom is 0.272 e. The van der Waals surface area contributed by atoms with E-state index in [0.717, 1.165) is 31.5 Å². The van der Waals surface area contributed by atoms with Crippen LogP contribution in [0.25, 0.3) is 0 Å². The highest BCUT2D eigenvalue weighted by Gasteiger charge is 2.12. The zero-order chi connectivity index (χ0) is 14.3. The number of nitrogens with zero attached hydrogens (tertiary/aromatic N) is 2. The molecule has 4 nitrogen and oxygen atoms in total. The van der Waals surface area contributed by atoms with Crippen LogP contribution in [0.3, 0.4) is 0 Å². The summed E-state index contributed by atoms with van der Waals surface area (Å²) in [7, 11) is 1.82. The maximum atomic E-state index is 12.1. The number of aromatic nitrogens is 1.